The predicted molar refractivity (Wildman–Crippen MR) is 81.7 cm³/mol. The normalized spacial score (nSPS) is 8.63. The van der Waals surface area contributed by atoms with Crippen LogP contribution in [0.1, 0.15) is 38.8 Å². The van der Waals surface area contributed by atoms with Crippen molar-refractivity contribution in [3.8, 4) is 11.5 Å². The third-order valence-corrected chi connectivity index (χ3v) is 2.28. The van der Waals surface area contributed by atoms with Gasteiger partial charge in [-0.3, -0.25) is 0 Å². The van der Waals surface area contributed by atoms with Crippen LogP contribution in [0.4, 0.5) is 0 Å². The molecule has 2 aromatic rings. The number of rotatable bonds is 2. The average molecular weight is 260 g/mol. The number of hydrogen-bond acceptors (Lipinski definition) is 2. The molecule has 0 atom stereocenters. The van der Waals surface area contributed by atoms with E-state index in [4.69, 9.17) is 10.2 Å². The maximum absolute atomic E-state index is 9.13. The van der Waals surface area contributed by atoms with Crippen LogP contribution in [0.25, 0.3) is 0 Å². The van der Waals surface area contributed by atoms with Crippen molar-refractivity contribution in [3.63, 3.8) is 0 Å². The Hall–Kier alpha value is -1.96. The van der Waals surface area contributed by atoms with E-state index in [-0.39, 0.29) is 11.5 Å². The third kappa shape index (κ3) is 6.51. The fourth-order valence-electron chi connectivity index (χ4n) is 1.46. The standard InChI is InChI=1S/C13H12O2.2C2H6/c14-12-5-1-10(2-6-12)9-11-3-7-13(15)8-4-11;2*1-2/h1-8,14-15H,9H2;2*1-2H3. The SMILES string of the molecule is CC.CC.Oc1ccc(Cc2ccc(O)cc2)cc1. The first kappa shape index (κ1) is 17.0. The summed E-state index contributed by atoms with van der Waals surface area (Å²) < 4.78 is 0. The summed E-state index contributed by atoms with van der Waals surface area (Å²) in [5.74, 6) is 0.564. The van der Waals surface area contributed by atoms with E-state index in [1.165, 1.54) is 0 Å². The van der Waals surface area contributed by atoms with Gasteiger partial charge in [0.05, 0.1) is 0 Å². The van der Waals surface area contributed by atoms with Crippen LogP contribution in [0.5, 0.6) is 11.5 Å². The Balaban J connectivity index is 0.000000741. The third-order valence-electron chi connectivity index (χ3n) is 2.28. The molecule has 0 radical (unpaired) electrons. The zero-order valence-electron chi connectivity index (χ0n) is 12.2. The van der Waals surface area contributed by atoms with Gasteiger partial charge in [-0.1, -0.05) is 52.0 Å². The minimum atomic E-state index is 0.282. The highest BCUT2D eigenvalue weighted by Crippen LogP contribution is 2.15. The molecule has 0 aliphatic heterocycles. The van der Waals surface area contributed by atoms with E-state index < -0.39 is 0 Å². The lowest BCUT2D eigenvalue weighted by atomic mass is 10.1. The lowest BCUT2D eigenvalue weighted by Gasteiger charge is -2.02. The van der Waals surface area contributed by atoms with E-state index in [2.05, 4.69) is 0 Å². The Bertz CT molecular complexity index is 386. The van der Waals surface area contributed by atoms with Gasteiger partial charge in [-0.2, -0.15) is 0 Å². The summed E-state index contributed by atoms with van der Waals surface area (Å²) in [4.78, 5) is 0. The molecule has 0 unspecified atom stereocenters. The molecule has 19 heavy (non-hydrogen) atoms. The molecule has 2 rings (SSSR count). The summed E-state index contributed by atoms with van der Waals surface area (Å²) in [6.45, 7) is 8.00. The van der Waals surface area contributed by atoms with Crippen molar-refractivity contribution < 1.29 is 10.2 Å². The molecular weight excluding hydrogens is 236 g/mol. The van der Waals surface area contributed by atoms with Crippen LogP contribution in [0.3, 0.4) is 0 Å². The van der Waals surface area contributed by atoms with Gasteiger partial charge in [-0.05, 0) is 41.8 Å². The van der Waals surface area contributed by atoms with E-state index in [1.54, 1.807) is 24.3 Å². The van der Waals surface area contributed by atoms with Crippen LogP contribution in [-0.4, -0.2) is 10.2 Å². The number of phenolic OH excluding ortho intramolecular Hbond substituents is 2. The Kier molecular flexibility index (Phi) is 8.98. The number of aromatic hydroxyl groups is 2. The first-order chi connectivity index (χ1) is 9.24. The highest BCUT2D eigenvalue weighted by molar-refractivity contribution is 5.32. The quantitative estimate of drug-likeness (QED) is 0.818. The maximum atomic E-state index is 9.13. The Morgan fingerprint density at radius 1 is 0.579 bits per heavy atom. The molecule has 0 aliphatic carbocycles. The van der Waals surface area contributed by atoms with E-state index >= 15 is 0 Å². The topological polar surface area (TPSA) is 40.5 Å². The Morgan fingerprint density at radius 3 is 1.11 bits per heavy atom. The van der Waals surface area contributed by atoms with E-state index in [0.29, 0.717) is 0 Å². The second-order valence-electron chi connectivity index (χ2n) is 3.51. The second-order valence-corrected chi connectivity index (χ2v) is 3.51. The minimum Gasteiger partial charge on any atom is -0.508 e. The number of phenols is 2. The van der Waals surface area contributed by atoms with Crippen molar-refractivity contribution in [2.75, 3.05) is 0 Å². The first-order valence-electron chi connectivity index (χ1n) is 6.80. The summed E-state index contributed by atoms with van der Waals surface area (Å²) in [7, 11) is 0. The minimum absolute atomic E-state index is 0.282. The van der Waals surface area contributed by atoms with Gasteiger partial charge < -0.3 is 10.2 Å². The predicted octanol–water partition coefficient (Wildman–Crippen LogP) is 4.74. The molecule has 0 spiro atoms. The van der Waals surface area contributed by atoms with E-state index in [1.807, 2.05) is 52.0 Å². The molecule has 0 aliphatic rings. The highest BCUT2D eigenvalue weighted by Gasteiger charge is 1.96. The molecule has 2 heteroatoms. The van der Waals surface area contributed by atoms with Crippen molar-refractivity contribution in [1.82, 2.24) is 0 Å². The number of benzene rings is 2. The molecule has 0 saturated heterocycles. The zero-order valence-corrected chi connectivity index (χ0v) is 12.2. The van der Waals surface area contributed by atoms with Crippen LogP contribution in [-0.2, 0) is 6.42 Å². The monoisotopic (exact) mass is 260 g/mol. The van der Waals surface area contributed by atoms with Crippen molar-refractivity contribution in [3.05, 3.63) is 59.7 Å². The lowest BCUT2D eigenvalue weighted by Crippen LogP contribution is -1.86. The van der Waals surface area contributed by atoms with Crippen molar-refractivity contribution in [2.45, 2.75) is 34.1 Å². The van der Waals surface area contributed by atoms with E-state index in [0.717, 1.165) is 17.5 Å². The summed E-state index contributed by atoms with van der Waals surface area (Å²) in [5.41, 5.74) is 2.27. The van der Waals surface area contributed by atoms with Crippen LogP contribution < -0.4 is 0 Å². The first-order valence-corrected chi connectivity index (χ1v) is 6.80. The maximum Gasteiger partial charge on any atom is 0.115 e. The Labute approximate surface area is 116 Å². The highest BCUT2D eigenvalue weighted by atomic mass is 16.3. The van der Waals surface area contributed by atoms with Crippen LogP contribution >= 0.6 is 0 Å². The summed E-state index contributed by atoms with van der Waals surface area (Å²) in [5, 5.41) is 18.3. The molecule has 0 aromatic heterocycles. The molecule has 2 nitrogen and oxygen atoms in total. The zero-order chi connectivity index (χ0) is 14.7. The molecule has 0 saturated carbocycles. The van der Waals surface area contributed by atoms with Crippen LogP contribution in [0.15, 0.2) is 48.5 Å². The van der Waals surface area contributed by atoms with Gasteiger partial charge in [-0.15, -0.1) is 0 Å². The smallest absolute Gasteiger partial charge is 0.115 e. The van der Waals surface area contributed by atoms with Gasteiger partial charge >= 0.3 is 0 Å². The van der Waals surface area contributed by atoms with Gasteiger partial charge in [0.2, 0.25) is 0 Å². The molecule has 104 valence electrons. The van der Waals surface area contributed by atoms with E-state index in [9.17, 15) is 0 Å². The fraction of sp³-hybridized carbons (Fsp3) is 0.294. The van der Waals surface area contributed by atoms with Gasteiger partial charge in [0.25, 0.3) is 0 Å². The molecular formula is C17H24O2. The Morgan fingerprint density at radius 2 is 0.842 bits per heavy atom. The average Bonchev–Trinajstić information content (AvgIpc) is 2.48. The largest absolute Gasteiger partial charge is 0.508 e. The van der Waals surface area contributed by atoms with Crippen molar-refractivity contribution >= 4 is 0 Å². The van der Waals surface area contributed by atoms with Gasteiger partial charge in [0, 0.05) is 0 Å². The molecule has 0 fully saturated rings. The van der Waals surface area contributed by atoms with Crippen LogP contribution in [0.2, 0.25) is 0 Å². The summed E-state index contributed by atoms with van der Waals surface area (Å²) >= 11 is 0. The van der Waals surface area contributed by atoms with Crippen LogP contribution in [0, 0.1) is 0 Å². The fourth-order valence-corrected chi connectivity index (χ4v) is 1.46. The second kappa shape index (κ2) is 10.0. The van der Waals surface area contributed by atoms with Gasteiger partial charge in [0.1, 0.15) is 11.5 Å². The summed E-state index contributed by atoms with van der Waals surface area (Å²) in [6, 6.07) is 14.3. The molecule has 0 heterocycles. The molecule has 2 N–H and O–H groups in total. The molecule has 0 bridgehead atoms. The summed E-state index contributed by atoms with van der Waals surface area (Å²) in [6.07, 6.45) is 0.806. The number of hydrogen-bond donors (Lipinski definition) is 2. The van der Waals surface area contributed by atoms with Gasteiger partial charge in [-0.25, -0.2) is 0 Å². The lowest BCUT2D eigenvalue weighted by molar-refractivity contribution is 0.475. The molecule has 0 amide bonds. The van der Waals surface area contributed by atoms with Gasteiger partial charge in [0.15, 0.2) is 0 Å². The van der Waals surface area contributed by atoms with Crippen molar-refractivity contribution in [1.29, 1.82) is 0 Å². The molecule has 2 aromatic carbocycles. The van der Waals surface area contributed by atoms with Crippen molar-refractivity contribution in [2.24, 2.45) is 0 Å².